The Morgan fingerprint density at radius 3 is 2.10 bits per heavy atom. The molecule has 0 spiro atoms. The molecule has 0 aromatic rings. The Morgan fingerprint density at radius 2 is 1.67 bits per heavy atom. The summed E-state index contributed by atoms with van der Waals surface area (Å²) >= 11 is 0. The van der Waals surface area contributed by atoms with E-state index >= 15 is 0 Å². The highest BCUT2D eigenvalue weighted by atomic mass is 28.4. The van der Waals surface area contributed by atoms with Crippen molar-refractivity contribution >= 4 is 14.7 Å². The maximum atomic E-state index is 12.5. The Morgan fingerprint density at radius 1 is 1.14 bits per heavy atom. The van der Waals surface area contributed by atoms with Crippen molar-refractivity contribution in [2.24, 2.45) is 0 Å². The van der Waals surface area contributed by atoms with E-state index in [1.165, 1.54) is 14.2 Å². The molecule has 1 amide bonds. The van der Waals surface area contributed by atoms with Gasteiger partial charge in [0.15, 0.2) is 6.61 Å². The van der Waals surface area contributed by atoms with E-state index in [2.05, 4.69) is 10.1 Å². The monoisotopic (exact) mass is 339 g/mol. The van der Waals surface area contributed by atoms with Crippen molar-refractivity contribution in [1.29, 1.82) is 0 Å². The Balaban J connectivity index is 3.98. The molecule has 0 aliphatic rings. The molecule has 0 saturated heterocycles. The molecule has 0 aromatic heterocycles. The van der Waals surface area contributed by atoms with Gasteiger partial charge in [0.2, 0.25) is 0 Å². The quantitative estimate of drug-likeness (QED) is 0.420. The molecule has 11 heteroatoms. The summed E-state index contributed by atoms with van der Waals surface area (Å²) in [6.07, 6.45) is -6.68. The Bertz CT molecular complexity index is 336. The summed E-state index contributed by atoms with van der Waals surface area (Å²) in [6, 6.07) is 0.513. The van der Waals surface area contributed by atoms with Gasteiger partial charge in [-0.3, -0.25) is 0 Å². The first kappa shape index (κ1) is 20.1. The molecule has 0 aromatic carbocycles. The van der Waals surface area contributed by atoms with Crippen LogP contribution in [0.25, 0.3) is 0 Å². The topological polar surface area (TPSA) is 56.8 Å². The Labute approximate surface area is 120 Å². The molecule has 1 N–H and O–H groups in total. The van der Waals surface area contributed by atoms with E-state index in [0.29, 0.717) is 12.5 Å². The molecule has 0 fully saturated rings. The predicted octanol–water partition coefficient (Wildman–Crippen LogP) is 2.67. The van der Waals surface area contributed by atoms with Gasteiger partial charge in [0.05, 0.1) is 0 Å². The zero-order chi connectivity index (χ0) is 16.7. The third kappa shape index (κ3) is 7.04. The highest BCUT2D eigenvalue weighted by Crippen LogP contribution is 2.35. The van der Waals surface area contributed by atoms with Gasteiger partial charge < -0.3 is 18.9 Å². The van der Waals surface area contributed by atoms with Gasteiger partial charge in [0, 0.05) is 20.8 Å². The smallest absolute Gasteiger partial charge is 0.443 e. The van der Waals surface area contributed by atoms with Crippen LogP contribution in [-0.2, 0) is 13.6 Å². The minimum absolute atomic E-state index is 0.0474. The lowest BCUT2D eigenvalue weighted by molar-refractivity contribution is -0.292. The van der Waals surface area contributed by atoms with Gasteiger partial charge in [-0.2, -0.15) is 22.0 Å². The van der Waals surface area contributed by atoms with Crippen molar-refractivity contribution in [2.45, 2.75) is 31.1 Å². The van der Waals surface area contributed by atoms with Crippen LogP contribution < -0.4 is 5.32 Å². The van der Waals surface area contributed by atoms with Crippen molar-refractivity contribution in [2.75, 3.05) is 27.4 Å². The lowest BCUT2D eigenvalue weighted by Crippen LogP contribution is -2.42. The van der Waals surface area contributed by atoms with Crippen LogP contribution in [0.2, 0.25) is 12.6 Å². The van der Waals surface area contributed by atoms with Gasteiger partial charge >= 0.3 is 26.8 Å². The van der Waals surface area contributed by atoms with Gasteiger partial charge in [0.25, 0.3) is 0 Å². The van der Waals surface area contributed by atoms with E-state index in [-0.39, 0.29) is 6.54 Å². The highest BCUT2D eigenvalue weighted by Gasteiger charge is 2.58. The summed E-state index contributed by atoms with van der Waals surface area (Å²) < 4.78 is 74.6. The van der Waals surface area contributed by atoms with Crippen LogP contribution in [0.3, 0.4) is 0 Å². The van der Waals surface area contributed by atoms with Gasteiger partial charge in [0.1, 0.15) is 0 Å². The summed E-state index contributed by atoms with van der Waals surface area (Å²) in [5, 5.41) is 2.08. The van der Waals surface area contributed by atoms with Crippen molar-refractivity contribution in [1.82, 2.24) is 5.32 Å². The number of hydrogen-bond donors (Lipinski definition) is 1. The molecular weight excluding hydrogens is 321 g/mol. The van der Waals surface area contributed by atoms with Crippen LogP contribution in [0.15, 0.2) is 0 Å². The van der Waals surface area contributed by atoms with E-state index in [9.17, 15) is 26.7 Å². The molecule has 0 heterocycles. The summed E-state index contributed by atoms with van der Waals surface area (Å²) in [5.41, 5.74) is 0. The number of rotatable bonds is 8. The second-order valence-electron chi connectivity index (χ2n) is 4.35. The van der Waals surface area contributed by atoms with Crippen LogP contribution >= 0.6 is 0 Å². The molecule has 21 heavy (non-hydrogen) atoms. The third-order valence-corrected chi connectivity index (χ3v) is 5.73. The van der Waals surface area contributed by atoms with Gasteiger partial charge in [-0.1, -0.05) is 0 Å². The third-order valence-electron chi connectivity index (χ3n) is 2.74. The first-order valence-electron chi connectivity index (χ1n) is 5.93. The first-order chi connectivity index (χ1) is 9.47. The molecule has 0 unspecified atom stereocenters. The number of carbonyl (C=O) groups is 1. The van der Waals surface area contributed by atoms with Crippen LogP contribution in [-0.4, -0.2) is 54.1 Å². The number of amides is 1. The number of nitrogens with one attached hydrogen (secondary N) is 1. The fraction of sp³-hybridized carbons (Fsp3) is 0.900. The van der Waals surface area contributed by atoms with Crippen molar-refractivity contribution in [3.8, 4) is 0 Å². The van der Waals surface area contributed by atoms with Crippen LogP contribution in [0.1, 0.15) is 6.42 Å². The first-order valence-corrected chi connectivity index (χ1v) is 8.45. The minimum Gasteiger partial charge on any atom is -0.443 e. The molecule has 0 bridgehead atoms. The van der Waals surface area contributed by atoms with Crippen molar-refractivity contribution in [3.63, 3.8) is 0 Å². The van der Waals surface area contributed by atoms with Gasteiger partial charge in [-0.15, -0.1) is 0 Å². The summed E-state index contributed by atoms with van der Waals surface area (Å²) in [4.78, 5) is 11.0. The number of alkyl halides is 5. The van der Waals surface area contributed by atoms with E-state index in [1.807, 2.05) is 0 Å². The lowest BCUT2D eigenvalue weighted by atomic mass is 10.3. The minimum atomic E-state index is -5.75. The number of hydrogen-bond acceptors (Lipinski definition) is 4. The average molecular weight is 339 g/mol. The van der Waals surface area contributed by atoms with Crippen LogP contribution in [0.5, 0.6) is 0 Å². The predicted molar refractivity (Wildman–Crippen MR) is 65.4 cm³/mol. The summed E-state index contributed by atoms with van der Waals surface area (Å²) in [7, 11) is 0.662. The molecule has 126 valence electrons. The molecule has 5 nitrogen and oxygen atoms in total. The number of ether oxygens (including phenoxy) is 1. The molecule has 0 atom stereocenters. The van der Waals surface area contributed by atoms with E-state index in [0.717, 1.165) is 0 Å². The van der Waals surface area contributed by atoms with Gasteiger partial charge in [-0.05, 0) is 19.0 Å². The highest BCUT2D eigenvalue weighted by molar-refractivity contribution is 6.65. The van der Waals surface area contributed by atoms with Crippen molar-refractivity contribution < 1.29 is 40.3 Å². The average Bonchev–Trinajstić information content (AvgIpc) is 2.40. The summed E-state index contributed by atoms with van der Waals surface area (Å²) in [6.45, 7) is -0.216. The normalized spacial score (nSPS) is 13.1. The molecule has 0 aliphatic carbocycles. The fourth-order valence-corrected chi connectivity index (χ4v) is 2.57. The zero-order valence-electron chi connectivity index (χ0n) is 11.9. The molecule has 0 saturated carbocycles. The van der Waals surface area contributed by atoms with E-state index < -0.39 is 33.4 Å². The second kappa shape index (κ2) is 7.89. The van der Waals surface area contributed by atoms with Crippen molar-refractivity contribution in [3.05, 3.63) is 0 Å². The largest absolute Gasteiger partial charge is 0.456 e. The number of halogens is 5. The molecular formula is C10H18F5NO4Si. The standard InChI is InChI=1S/C10H18F5NO4Si/c1-18-21(3,19-2)6-4-5-16-8(17)20-7-9(11,12)10(13,14)15/h4-7H2,1-3H3,(H,16,17). The van der Waals surface area contributed by atoms with Crippen LogP contribution in [0.4, 0.5) is 26.7 Å². The molecule has 0 rings (SSSR count). The van der Waals surface area contributed by atoms with Gasteiger partial charge in [-0.25, -0.2) is 4.79 Å². The van der Waals surface area contributed by atoms with E-state index in [1.54, 1.807) is 6.55 Å². The Hall–Kier alpha value is -0.943. The SMILES string of the molecule is CO[Si](C)(CCCNC(=O)OCC(F)(F)C(F)(F)F)OC. The second-order valence-corrected chi connectivity index (χ2v) is 7.93. The maximum Gasteiger partial charge on any atom is 0.456 e. The lowest BCUT2D eigenvalue weighted by Gasteiger charge is -2.22. The maximum absolute atomic E-state index is 12.5. The van der Waals surface area contributed by atoms with E-state index in [4.69, 9.17) is 8.85 Å². The number of alkyl carbamates (subject to hydrolysis) is 1. The molecule has 0 radical (unpaired) electrons. The molecule has 0 aliphatic heterocycles. The number of carbonyl (C=O) groups excluding carboxylic acids is 1. The zero-order valence-corrected chi connectivity index (χ0v) is 12.9. The summed E-state index contributed by atoms with van der Waals surface area (Å²) in [5.74, 6) is -5.07. The van der Waals surface area contributed by atoms with Crippen LogP contribution in [0, 0.1) is 0 Å². The Kier molecular flexibility index (Phi) is 7.54. The fourth-order valence-electron chi connectivity index (χ4n) is 1.18.